The van der Waals surface area contributed by atoms with Crippen molar-refractivity contribution in [2.24, 2.45) is 0 Å². The summed E-state index contributed by atoms with van der Waals surface area (Å²) < 4.78 is 4.79. The third kappa shape index (κ3) is 7.88. The van der Waals surface area contributed by atoms with E-state index < -0.39 is 11.9 Å². The number of rotatable bonds is 7. The quantitative estimate of drug-likeness (QED) is 0.522. The van der Waals surface area contributed by atoms with E-state index in [0.717, 1.165) is 18.9 Å². The number of ether oxygens (including phenoxy) is 1. The Bertz CT molecular complexity index is 412. The third-order valence-corrected chi connectivity index (χ3v) is 2.14. The number of unbranched alkanes of at least 4 members (excludes halogenated alkanes) is 1. The lowest BCUT2D eigenvalue weighted by Gasteiger charge is -1.95. The molecule has 0 aliphatic rings. The van der Waals surface area contributed by atoms with E-state index in [2.05, 4.69) is 6.58 Å². The van der Waals surface area contributed by atoms with E-state index in [-0.39, 0.29) is 17.7 Å². The standard InChI is InChI=1S/C8H6O4.C6H12O2/c9-7(10)5-2-1-3-6(4-5)8(11)12;1-2-8-6-4-3-5-7/h1-4H,(H,9,10)(H,11,12);2,7H,1,3-6H2. The van der Waals surface area contributed by atoms with Crippen LogP contribution >= 0.6 is 0 Å². The Balaban J connectivity index is 0.000000396. The second-order valence-corrected chi connectivity index (χ2v) is 3.66. The topological polar surface area (TPSA) is 104 Å². The molecule has 0 unspecified atom stereocenters. The smallest absolute Gasteiger partial charge is 0.335 e. The van der Waals surface area contributed by atoms with Gasteiger partial charge in [0.2, 0.25) is 0 Å². The SMILES string of the molecule is C=COCCCCO.O=C(O)c1cccc(C(=O)O)c1. The molecule has 0 saturated carbocycles. The summed E-state index contributed by atoms with van der Waals surface area (Å²) in [5.74, 6) is -2.25. The van der Waals surface area contributed by atoms with Crippen molar-refractivity contribution in [3.63, 3.8) is 0 Å². The molecule has 0 radical (unpaired) electrons. The molecular formula is C14H18O6. The van der Waals surface area contributed by atoms with Crippen molar-refractivity contribution in [3.05, 3.63) is 48.2 Å². The van der Waals surface area contributed by atoms with Gasteiger partial charge in [0.05, 0.1) is 24.0 Å². The maximum absolute atomic E-state index is 10.4. The first-order valence-corrected chi connectivity index (χ1v) is 5.93. The molecule has 1 rings (SSSR count). The van der Waals surface area contributed by atoms with Crippen molar-refractivity contribution in [2.75, 3.05) is 13.2 Å². The van der Waals surface area contributed by atoms with E-state index in [4.69, 9.17) is 20.1 Å². The summed E-state index contributed by atoms with van der Waals surface area (Å²) in [6.07, 6.45) is 3.13. The van der Waals surface area contributed by atoms with Crippen LogP contribution in [0.3, 0.4) is 0 Å². The zero-order valence-corrected chi connectivity index (χ0v) is 11.0. The highest BCUT2D eigenvalue weighted by Crippen LogP contribution is 2.04. The van der Waals surface area contributed by atoms with Gasteiger partial charge in [-0.15, -0.1) is 0 Å². The summed E-state index contributed by atoms with van der Waals surface area (Å²) in [6, 6.07) is 5.20. The number of hydrogen-bond donors (Lipinski definition) is 3. The second kappa shape index (κ2) is 10.6. The van der Waals surface area contributed by atoms with Crippen LogP contribution in [0.25, 0.3) is 0 Å². The Kier molecular flexibility index (Phi) is 9.33. The van der Waals surface area contributed by atoms with Gasteiger partial charge < -0.3 is 20.1 Å². The molecule has 3 N–H and O–H groups in total. The fourth-order valence-electron chi connectivity index (χ4n) is 1.17. The number of hydrogen-bond acceptors (Lipinski definition) is 4. The van der Waals surface area contributed by atoms with Crippen LogP contribution in [0.4, 0.5) is 0 Å². The summed E-state index contributed by atoms with van der Waals surface area (Å²) in [5, 5.41) is 25.3. The van der Waals surface area contributed by atoms with E-state index in [1.807, 2.05) is 0 Å². The molecule has 20 heavy (non-hydrogen) atoms. The lowest BCUT2D eigenvalue weighted by molar-refractivity contribution is 0.0696. The summed E-state index contributed by atoms with van der Waals surface area (Å²) in [7, 11) is 0. The maximum Gasteiger partial charge on any atom is 0.335 e. The van der Waals surface area contributed by atoms with Gasteiger partial charge in [0.1, 0.15) is 0 Å². The molecule has 0 aliphatic carbocycles. The number of aliphatic hydroxyl groups is 1. The molecular weight excluding hydrogens is 264 g/mol. The molecule has 0 fully saturated rings. The van der Waals surface area contributed by atoms with Crippen LogP contribution in [0, 0.1) is 0 Å². The van der Waals surface area contributed by atoms with Crippen molar-refractivity contribution in [1.29, 1.82) is 0 Å². The first-order chi connectivity index (χ1) is 9.52. The largest absolute Gasteiger partial charge is 0.502 e. The normalized spacial score (nSPS) is 9.05. The number of benzene rings is 1. The fraction of sp³-hybridized carbons (Fsp3) is 0.286. The first kappa shape index (κ1) is 17.7. The van der Waals surface area contributed by atoms with E-state index in [0.29, 0.717) is 6.61 Å². The van der Waals surface area contributed by atoms with Crippen molar-refractivity contribution in [1.82, 2.24) is 0 Å². The Labute approximate surface area is 116 Å². The summed E-state index contributed by atoms with van der Waals surface area (Å²) in [6.45, 7) is 4.29. The second-order valence-electron chi connectivity index (χ2n) is 3.66. The average molecular weight is 282 g/mol. The van der Waals surface area contributed by atoms with Gasteiger partial charge in [0.25, 0.3) is 0 Å². The molecule has 0 heterocycles. The van der Waals surface area contributed by atoms with Gasteiger partial charge >= 0.3 is 11.9 Å². The number of carboxylic acid groups (broad SMARTS) is 2. The molecule has 1 aromatic rings. The van der Waals surface area contributed by atoms with Crippen LogP contribution < -0.4 is 0 Å². The highest BCUT2D eigenvalue weighted by molar-refractivity contribution is 5.93. The molecule has 6 nitrogen and oxygen atoms in total. The van der Waals surface area contributed by atoms with E-state index in [9.17, 15) is 9.59 Å². The monoisotopic (exact) mass is 282 g/mol. The van der Waals surface area contributed by atoms with Gasteiger partial charge in [0.15, 0.2) is 0 Å². The number of carboxylic acids is 2. The van der Waals surface area contributed by atoms with Gasteiger partial charge in [-0.1, -0.05) is 12.6 Å². The van der Waals surface area contributed by atoms with Crippen LogP contribution in [0.15, 0.2) is 37.1 Å². The Morgan fingerprint density at radius 1 is 1.15 bits per heavy atom. The number of aromatic carboxylic acids is 2. The van der Waals surface area contributed by atoms with Crippen molar-refractivity contribution in [2.45, 2.75) is 12.8 Å². The van der Waals surface area contributed by atoms with Crippen LogP contribution in [0.5, 0.6) is 0 Å². The van der Waals surface area contributed by atoms with Gasteiger partial charge in [-0.05, 0) is 31.0 Å². The molecule has 0 aromatic heterocycles. The van der Waals surface area contributed by atoms with E-state index in [1.165, 1.54) is 24.5 Å². The van der Waals surface area contributed by atoms with E-state index in [1.54, 1.807) is 0 Å². The predicted octanol–water partition coefficient (Wildman–Crippen LogP) is 2.00. The third-order valence-electron chi connectivity index (χ3n) is 2.14. The van der Waals surface area contributed by atoms with Crippen LogP contribution in [0.2, 0.25) is 0 Å². The Morgan fingerprint density at radius 3 is 2.10 bits per heavy atom. The zero-order valence-electron chi connectivity index (χ0n) is 11.0. The van der Waals surface area contributed by atoms with Crippen LogP contribution in [-0.4, -0.2) is 40.5 Å². The first-order valence-electron chi connectivity index (χ1n) is 5.93. The van der Waals surface area contributed by atoms with Gasteiger partial charge in [-0.3, -0.25) is 0 Å². The van der Waals surface area contributed by atoms with Crippen molar-refractivity contribution in [3.8, 4) is 0 Å². The maximum atomic E-state index is 10.4. The molecule has 0 aliphatic heterocycles. The average Bonchev–Trinajstić information content (AvgIpc) is 2.44. The Hall–Kier alpha value is -2.34. The van der Waals surface area contributed by atoms with E-state index >= 15 is 0 Å². The zero-order chi connectivity index (χ0) is 15.4. The molecule has 110 valence electrons. The fourth-order valence-corrected chi connectivity index (χ4v) is 1.17. The number of carbonyl (C=O) groups is 2. The lowest BCUT2D eigenvalue weighted by atomic mass is 10.1. The van der Waals surface area contributed by atoms with Gasteiger partial charge in [0, 0.05) is 6.61 Å². The van der Waals surface area contributed by atoms with Gasteiger partial charge in [-0.2, -0.15) is 0 Å². The summed E-state index contributed by atoms with van der Waals surface area (Å²) in [5.41, 5.74) is -0.0372. The molecule has 1 aromatic carbocycles. The molecule has 0 saturated heterocycles. The molecule has 0 bridgehead atoms. The minimum absolute atomic E-state index is 0.0186. The van der Waals surface area contributed by atoms with Crippen LogP contribution in [-0.2, 0) is 4.74 Å². The summed E-state index contributed by atoms with van der Waals surface area (Å²) >= 11 is 0. The minimum Gasteiger partial charge on any atom is -0.502 e. The predicted molar refractivity (Wildman–Crippen MR) is 72.8 cm³/mol. The van der Waals surface area contributed by atoms with Gasteiger partial charge in [-0.25, -0.2) is 9.59 Å². The molecule has 0 spiro atoms. The Morgan fingerprint density at radius 2 is 1.70 bits per heavy atom. The minimum atomic E-state index is -1.13. The molecule has 0 atom stereocenters. The molecule has 0 amide bonds. The highest BCUT2D eigenvalue weighted by atomic mass is 16.5. The molecule has 6 heteroatoms. The summed E-state index contributed by atoms with van der Waals surface area (Å²) in [4.78, 5) is 20.8. The highest BCUT2D eigenvalue weighted by Gasteiger charge is 2.06. The van der Waals surface area contributed by atoms with Crippen molar-refractivity contribution < 1.29 is 29.6 Å². The van der Waals surface area contributed by atoms with Crippen molar-refractivity contribution >= 4 is 11.9 Å². The lowest BCUT2D eigenvalue weighted by Crippen LogP contribution is -2.01. The number of aliphatic hydroxyl groups excluding tert-OH is 1. The van der Waals surface area contributed by atoms with Crippen LogP contribution in [0.1, 0.15) is 33.6 Å².